The Morgan fingerprint density at radius 1 is 1.53 bits per heavy atom. The van der Waals surface area contributed by atoms with Crippen LogP contribution in [0.2, 0.25) is 0 Å². The number of anilines is 1. The fourth-order valence-corrected chi connectivity index (χ4v) is 1.35. The zero-order chi connectivity index (χ0) is 14.8. The Kier molecular flexibility index (Phi) is 3.98. The number of aryl methyl sites for hydroxylation is 1. The number of amides is 1. The molecule has 1 amide bonds. The maximum Gasteiger partial charge on any atom is 0.596 e. The molecule has 6 nitrogen and oxygen atoms in total. The first kappa shape index (κ1) is 14.7. The standard InChI is InChI=1S/C10H9F3N2O4/c1-2-6-5-7(16)3-4-8(6)14(13)9(17)10(11,12)15(18)19/h3-5,16H,2H2,1H3. The molecule has 0 aliphatic carbocycles. The molecule has 1 aromatic carbocycles. The summed E-state index contributed by atoms with van der Waals surface area (Å²) in [6.45, 7) is 1.53. The predicted octanol–water partition coefficient (Wildman–Crippen LogP) is 2.04. The highest BCUT2D eigenvalue weighted by Gasteiger charge is 2.57. The number of halogens is 3. The summed E-state index contributed by atoms with van der Waals surface area (Å²) >= 11 is 0. The van der Waals surface area contributed by atoms with Crippen molar-refractivity contribution in [2.24, 2.45) is 0 Å². The first-order chi connectivity index (χ1) is 8.71. The summed E-state index contributed by atoms with van der Waals surface area (Å²) in [6.07, 6.45) is 0.126. The molecule has 104 valence electrons. The number of nitrogens with zero attached hydrogens (tertiary/aromatic N) is 2. The van der Waals surface area contributed by atoms with E-state index in [1.54, 1.807) is 0 Å². The molecule has 0 saturated carbocycles. The number of alkyl halides is 2. The minimum absolute atomic E-state index is 0.0509. The van der Waals surface area contributed by atoms with Crippen LogP contribution in [0.25, 0.3) is 0 Å². The van der Waals surface area contributed by atoms with Crippen LogP contribution in [-0.4, -0.2) is 22.0 Å². The van der Waals surface area contributed by atoms with Gasteiger partial charge in [-0.3, -0.25) is 14.9 Å². The Morgan fingerprint density at radius 2 is 2.11 bits per heavy atom. The van der Waals surface area contributed by atoms with Crippen LogP contribution >= 0.6 is 0 Å². The highest BCUT2D eigenvalue weighted by Crippen LogP contribution is 2.29. The van der Waals surface area contributed by atoms with Gasteiger partial charge in [-0.2, -0.15) is 0 Å². The molecule has 0 aromatic heterocycles. The largest absolute Gasteiger partial charge is 0.596 e. The van der Waals surface area contributed by atoms with Crippen molar-refractivity contribution in [3.05, 3.63) is 33.9 Å². The molecule has 0 unspecified atom stereocenters. The van der Waals surface area contributed by atoms with Crippen molar-refractivity contribution in [3.8, 4) is 5.75 Å². The molecule has 0 radical (unpaired) electrons. The van der Waals surface area contributed by atoms with Crippen molar-refractivity contribution >= 4 is 11.6 Å². The van der Waals surface area contributed by atoms with E-state index in [0.29, 0.717) is 0 Å². The Morgan fingerprint density at radius 3 is 2.58 bits per heavy atom. The van der Waals surface area contributed by atoms with Gasteiger partial charge in [0.15, 0.2) is 0 Å². The normalized spacial score (nSPS) is 11.2. The Hall–Kier alpha value is -2.32. The molecule has 0 saturated heterocycles. The number of rotatable bonds is 4. The Balaban J connectivity index is 3.17. The van der Waals surface area contributed by atoms with Gasteiger partial charge in [-0.15, -0.1) is 13.9 Å². The number of aromatic hydroxyl groups is 1. The zero-order valence-corrected chi connectivity index (χ0v) is 9.64. The molecule has 9 heteroatoms. The van der Waals surface area contributed by atoms with Crippen LogP contribution in [0.1, 0.15) is 12.5 Å². The number of hydrogen-bond donors (Lipinski definition) is 1. The lowest BCUT2D eigenvalue weighted by Gasteiger charge is -2.16. The smallest absolute Gasteiger partial charge is 0.508 e. The van der Waals surface area contributed by atoms with Crippen molar-refractivity contribution in [1.82, 2.24) is 0 Å². The monoisotopic (exact) mass is 278 g/mol. The lowest BCUT2D eigenvalue weighted by atomic mass is 10.1. The molecule has 1 rings (SSSR count). The number of phenols is 1. The third-order valence-electron chi connectivity index (χ3n) is 2.32. The van der Waals surface area contributed by atoms with Gasteiger partial charge in [0.2, 0.25) is 0 Å². The SMILES string of the molecule is CCc1cc(O)ccc1N(F)C(=O)C(F)(F)[N+](=O)[O-]. The van der Waals surface area contributed by atoms with Crippen LogP contribution < -0.4 is 5.12 Å². The summed E-state index contributed by atoms with van der Waals surface area (Å²) in [7, 11) is 0. The van der Waals surface area contributed by atoms with Gasteiger partial charge in [-0.1, -0.05) is 11.4 Å². The van der Waals surface area contributed by atoms with E-state index in [2.05, 4.69) is 0 Å². The van der Waals surface area contributed by atoms with Gasteiger partial charge < -0.3 is 5.11 Å². The zero-order valence-electron chi connectivity index (χ0n) is 9.64. The maximum atomic E-state index is 13.6. The minimum atomic E-state index is -5.06. The highest BCUT2D eigenvalue weighted by molar-refractivity contribution is 5.95. The van der Waals surface area contributed by atoms with E-state index in [0.717, 1.165) is 18.2 Å². The Labute approximate surface area is 105 Å². The molecule has 0 bridgehead atoms. The molecule has 0 spiro atoms. The molecule has 1 aromatic rings. The first-order valence-electron chi connectivity index (χ1n) is 5.06. The summed E-state index contributed by atoms with van der Waals surface area (Å²) in [5.41, 5.74) is -0.526. The minimum Gasteiger partial charge on any atom is -0.508 e. The van der Waals surface area contributed by atoms with Crippen LogP contribution in [0.4, 0.5) is 18.9 Å². The van der Waals surface area contributed by atoms with E-state index in [1.807, 2.05) is 0 Å². The van der Waals surface area contributed by atoms with Crippen molar-refractivity contribution in [2.75, 3.05) is 5.12 Å². The first-order valence-corrected chi connectivity index (χ1v) is 5.06. The molecular formula is C10H9F3N2O4. The second kappa shape index (κ2) is 5.12. The summed E-state index contributed by atoms with van der Waals surface area (Å²) < 4.78 is 39.2. The van der Waals surface area contributed by atoms with E-state index in [9.17, 15) is 28.2 Å². The molecule has 0 aliphatic rings. The topological polar surface area (TPSA) is 83.7 Å². The second-order valence-corrected chi connectivity index (χ2v) is 3.55. The number of hydrogen-bond acceptors (Lipinski definition) is 4. The molecule has 0 fully saturated rings. The van der Waals surface area contributed by atoms with Crippen LogP contribution in [0.15, 0.2) is 18.2 Å². The van der Waals surface area contributed by atoms with E-state index >= 15 is 0 Å². The van der Waals surface area contributed by atoms with Crippen molar-refractivity contribution < 1.29 is 28.1 Å². The summed E-state index contributed by atoms with van der Waals surface area (Å²) in [6, 6.07) is -2.14. The van der Waals surface area contributed by atoms with E-state index in [4.69, 9.17) is 5.11 Å². The van der Waals surface area contributed by atoms with Crippen LogP contribution in [-0.2, 0) is 11.2 Å². The van der Waals surface area contributed by atoms with Crippen LogP contribution in [0, 0.1) is 10.1 Å². The number of benzene rings is 1. The molecule has 0 aliphatic heterocycles. The van der Waals surface area contributed by atoms with E-state index in [-0.39, 0.29) is 17.7 Å². The van der Waals surface area contributed by atoms with E-state index in [1.165, 1.54) is 6.92 Å². The number of phenolic OH excluding ortho intramolecular Hbond substituents is 1. The van der Waals surface area contributed by atoms with E-state index < -0.39 is 27.7 Å². The third-order valence-corrected chi connectivity index (χ3v) is 2.32. The quantitative estimate of drug-likeness (QED) is 0.395. The number of nitro groups is 1. The van der Waals surface area contributed by atoms with Gasteiger partial charge in [0.1, 0.15) is 10.7 Å². The summed E-state index contributed by atoms with van der Waals surface area (Å²) in [5.74, 6) is -2.85. The summed E-state index contributed by atoms with van der Waals surface area (Å²) in [5, 5.41) is 18.2. The van der Waals surface area contributed by atoms with Crippen LogP contribution in [0.5, 0.6) is 5.75 Å². The van der Waals surface area contributed by atoms with Gasteiger partial charge in [0, 0.05) is 0 Å². The number of carbonyl (C=O) groups excluding carboxylic acids is 1. The molecule has 0 heterocycles. The van der Waals surface area contributed by atoms with Gasteiger partial charge in [0.25, 0.3) is 0 Å². The fourth-order valence-electron chi connectivity index (χ4n) is 1.35. The molecule has 19 heavy (non-hydrogen) atoms. The molecular weight excluding hydrogens is 269 g/mol. The highest BCUT2D eigenvalue weighted by atomic mass is 19.3. The predicted molar refractivity (Wildman–Crippen MR) is 58.0 cm³/mol. The second-order valence-electron chi connectivity index (χ2n) is 3.55. The Bertz CT molecular complexity index is 521. The van der Waals surface area contributed by atoms with Gasteiger partial charge in [-0.25, -0.2) is 0 Å². The van der Waals surface area contributed by atoms with Gasteiger partial charge >= 0.3 is 12.0 Å². The third kappa shape index (κ3) is 2.75. The summed E-state index contributed by atoms with van der Waals surface area (Å²) in [4.78, 5) is 18.9. The maximum absolute atomic E-state index is 13.6. The molecule has 0 atom stereocenters. The lowest BCUT2D eigenvalue weighted by Crippen LogP contribution is -2.45. The van der Waals surface area contributed by atoms with Crippen LogP contribution in [0.3, 0.4) is 0 Å². The average Bonchev–Trinajstić information content (AvgIpc) is 2.36. The van der Waals surface area contributed by atoms with Crippen molar-refractivity contribution in [3.63, 3.8) is 0 Å². The van der Waals surface area contributed by atoms with Gasteiger partial charge in [0.05, 0.1) is 5.69 Å². The molecule has 1 N–H and O–H groups in total. The van der Waals surface area contributed by atoms with Crippen molar-refractivity contribution in [2.45, 2.75) is 19.4 Å². The fraction of sp³-hybridized carbons (Fsp3) is 0.300. The van der Waals surface area contributed by atoms with Gasteiger partial charge in [-0.05, 0) is 30.2 Å². The number of carbonyl (C=O) groups is 1. The van der Waals surface area contributed by atoms with Crippen molar-refractivity contribution in [1.29, 1.82) is 0 Å². The average molecular weight is 278 g/mol. The lowest BCUT2D eigenvalue weighted by molar-refractivity contribution is -0.622.